The number of anilines is 1. The van der Waals surface area contributed by atoms with Crippen LogP contribution in [0, 0.1) is 26.6 Å². The van der Waals surface area contributed by atoms with Crippen molar-refractivity contribution in [1.82, 2.24) is 5.32 Å². The zero-order chi connectivity index (χ0) is 24.0. The first-order valence-electron chi connectivity index (χ1n) is 10.5. The number of hydrogen-bond acceptors (Lipinski definition) is 4. The van der Waals surface area contributed by atoms with Gasteiger partial charge in [0.1, 0.15) is 24.7 Å². The second kappa shape index (κ2) is 10.5. The van der Waals surface area contributed by atoms with Gasteiger partial charge in [0.25, 0.3) is 10.0 Å². The summed E-state index contributed by atoms with van der Waals surface area (Å²) in [4.78, 5) is 12.6. The van der Waals surface area contributed by atoms with Gasteiger partial charge in [0.05, 0.1) is 17.1 Å². The molecule has 3 rings (SSSR count). The molecule has 0 atom stereocenters. The number of hydrogen-bond donors (Lipinski definition) is 1. The van der Waals surface area contributed by atoms with Crippen molar-refractivity contribution in [3.8, 4) is 5.75 Å². The maximum Gasteiger partial charge on any atom is 0.264 e. The minimum atomic E-state index is -4.04. The fraction of sp³-hybridized carbons (Fsp3) is 0.240. The molecule has 174 valence electrons. The molecule has 0 saturated heterocycles. The molecule has 1 amide bonds. The Balaban J connectivity index is 1.69. The molecule has 8 heteroatoms. The number of nitrogens with one attached hydrogen (secondary N) is 1. The molecule has 0 radical (unpaired) electrons. The lowest BCUT2D eigenvalue weighted by Gasteiger charge is -2.24. The fourth-order valence-corrected chi connectivity index (χ4v) is 4.68. The Labute approximate surface area is 194 Å². The summed E-state index contributed by atoms with van der Waals surface area (Å²) in [6.45, 7) is 5.77. The van der Waals surface area contributed by atoms with Crippen LogP contribution >= 0.6 is 0 Å². The average molecular weight is 471 g/mol. The standard InChI is InChI=1S/C25H27FN2O4S/c1-18-4-11-23(12-5-18)33(30,31)28(22-9-7-21(26)8-10-22)17-25(29)27-14-15-32-24-13-6-19(2)16-20(24)3/h4-13,16H,14-15,17H2,1-3H3,(H,27,29). The molecule has 0 heterocycles. The van der Waals surface area contributed by atoms with Gasteiger partial charge in [-0.2, -0.15) is 0 Å². The Morgan fingerprint density at radius 1 is 0.939 bits per heavy atom. The highest BCUT2D eigenvalue weighted by Crippen LogP contribution is 2.24. The van der Waals surface area contributed by atoms with Crippen LogP contribution in [0.15, 0.2) is 71.6 Å². The highest BCUT2D eigenvalue weighted by Gasteiger charge is 2.27. The van der Waals surface area contributed by atoms with Crippen LogP contribution in [0.25, 0.3) is 0 Å². The van der Waals surface area contributed by atoms with Crippen LogP contribution in [-0.4, -0.2) is 34.0 Å². The largest absolute Gasteiger partial charge is 0.491 e. The third-order valence-corrected chi connectivity index (χ3v) is 6.81. The number of ether oxygens (including phenoxy) is 1. The number of aryl methyl sites for hydroxylation is 3. The van der Waals surface area contributed by atoms with Crippen molar-refractivity contribution in [2.75, 3.05) is 24.0 Å². The van der Waals surface area contributed by atoms with Gasteiger partial charge in [0.15, 0.2) is 0 Å². The first kappa shape index (κ1) is 24.3. The SMILES string of the molecule is Cc1ccc(S(=O)(=O)N(CC(=O)NCCOc2ccc(C)cc2C)c2ccc(F)cc2)cc1. The molecule has 0 saturated carbocycles. The molecule has 33 heavy (non-hydrogen) atoms. The molecular formula is C25H27FN2O4S. The monoisotopic (exact) mass is 470 g/mol. The van der Waals surface area contributed by atoms with Crippen molar-refractivity contribution in [1.29, 1.82) is 0 Å². The van der Waals surface area contributed by atoms with E-state index in [4.69, 9.17) is 4.74 Å². The van der Waals surface area contributed by atoms with E-state index < -0.39 is 28.3 Å². The molecule has 1 N–H and O–H groups in total. The number of amides is 1. The minimum absolute atomic E-state index is 0.0448. The number of sulfonamides is 1. The molecule has 0 bridgehead atoms. The predicted octanol–water partition coefficient (Wildman–Crippen LogP) is 4.14. The summed E-state index contributed by atoms with van der Waals surface area (Å²) in [5, 5.41) is 2.68. The molecule has 0 unspecified atom stereocenters. The van der Waals surface area contributed by atoms with E-state index in [0.717, 1.165) is 38.9 Å². The summed E-state index contributed by atoms with van der Waals surface area (Å²) in [5.41, 5.74) is 3.22. The third-order valence-electron chi connectivity index (χ3n) is 5.02. The summed E-state index contributed by atoms with van der Waals surface area (Å²) in [6.07, 6.45) is 0. The molecule has 0 aromatic heterocycles. The number of carbonyl (C=O) groups is 1. The van der Waals surface area contributed by atoms with E-state index in [-0.39, 0.29) is 23.7 Å². The van der Waals surface area contributed by atoms with Crippen LogP contribution in [0.4, 0.5) is 10.1 Å². The van der Waals surface area contributed by atoms with Gasteiger partial charge in [-0.15, -0.1) is 0 Å². The topological polar surface area (TPSA) is 75.7 Å². The lowest BCUT2D eigenvalue weighted by molar-refractivity contribution is -0.119. The van der Waals surface area contributed by atoms with E-state index in [1.807, 2.05) is 39.0 Å². The fourth-order valence-electron chi connectivity index (χ4n) is 3.26. The Morgan fingerprint density at radius 3 is 2.21 bits per heavy atom. The number of rotatable bonds is 9. The maximum absolute atomic E-state index is 13.4. The zero-order valence-corrected chi connectivity index (χ0v) is 19.7. The highest BCUT2D eigenvalue weighted by atomic mass is 32.2. The molecule has 6 nitrogen and oxygen atoms in total. The quantitative estimate of drug-likeness (QED) is 0.477. The first-order valence-corrected chi connectivity index (χ1v) is 11.9. The average Bonchev–Trinajstić information content (AvgIpc) is 2.77. The smallest absolute Gasteiger partial charge is 0.264 e. The predicted molar refractivity (Wildman–Crippen MR) is 127 cm³/mol. The number of benzene rings is 3. The summed E-state index contributed by atoms with van der Waals surface area (Å²) < 4.78 is 46.6. The third kappa shape index (κ3) is 6.32. The van der Waals surface area contributed by atoms with Crippen LogP contribution in [0.3, 0.4) is 0 Å². The molecule has 0 aliphatic rings. The summed E-state index contributed by atoms with van der Waals surface area (Å²) >= 11 is 0. The zero-order valence-electron chi connectivity index (χ0n) is 18.8. The number of nitrogens with zero attached hydrogens (tertiary/aromatic N) is 1. The van der Waals surface area contributed by atoms with Gasteiger partial charge < -0.3 is 10.1 Å². The van der Waals surface area contributed by atoms with Crippen LogP contribution in [0.5, 0.6) is 5.75 Å². The Morgan fingerprint density at radius 2 is 1.58 bits per heavy atom. The molecule has 0 aliphatic carbocycles. The van der Waals surface area contributed by atoms with Crippen molar-refractivity contribution in [2.45, 2.75) is 25.7 Å². The lowest BCUT2D eigenvalue weighted by Crippen LogP contribution is -2.42. The normalized spacial score (nSPS) is 11.2. The van der Waals surface area contributed by atoms with Crippen LogP contribution in [0.2, 0.25) is 0 Å². The molecule has 0 fully saturated rings. The second-order valence-corrected chi connectivity index (χ2v) is 9.63. The highest BCUT2D eigenvalue weighted by molar-refractivity contribution is 7.92. The molecule has 0 aliphatic heterocycles. The minimum Gasteiger partial charge on any atom is -0.491 e. The van der Waals surface area contributed by atoms with Gasteiger partial charge >= 0.3 is 0 Å². The van der Waals surface area contributed by atoms with E-state index in [9.17, 15) is 17.6 Å². The van der Waals surface area contributed by atoms with Gasteiger partial charge in [-0.25, -0.2) is 12.8 Å². The Bertz CT molecular complexity index is 1210. The van der Waals surface area contributed by atoms with E-state index in [0.29, 0.717) is 0 Å². The van der Waals surface area contributed by atoms with E-state index >= 15 is 0 Å². The van der Waals surface area contributed by atoms with Crippen LogP contribution < -0.4 is 14.4 Å². The number of carbonyl (C=O) groups excluding carboxylic acids is 1. The first-order chi connectivity index (χ1) is 15.7. The van der Waals surface area contributed by atoms with E-state index in [1.54, 1.807) is 12.1 Å². The summed E-state index contributed by atoms with van der Waals surface area (Å²) in [6, 6.07) is 17.1. The van der Waals surface area contributed by atoms with Crippen molar-refractivity contribution in [2.24, 2.45) is 0 Å². The second-order valence-electron chi connectivity index (χ2n) is 7.77. The van der Waals surface area contributed by atoms with Gasteiger partial charge in [-0.05, 0) is 68.8 Å². The van der Waals surface area contributed by atoms with Gasteiger partial charge in [-0.1, -0.05) is 35.4 Å². The van der Waals surface area contributed by atoms with Crippen molar-refractivity contribution < 1.29 is 22.3 Å². The molecular weight excluding hydrogens is 443 g/mol. The Hall–Kier alpha value is -3.39. The maximum atomic E-state index is 13.4. The summed E-state index contributed by atoms with van der Waals surface area (Å²) in [5.74, 6) is -0.275. The molecule has 0 spiro atoms. The van der Waals surface area contributed by atoms with Gasteiger partial charge in [0, 0.05) is 0 Å². The van der Waals surface area contributed by atoms with Crippen molar-refractivity contribution in [3.63, 3.8) is 0 Å². The van der Waals surface area contributed by atoms with Crippen molar-refractivity contribution >= 4 is 21.6 Å². The Kier molecular flexibility index (Phi) is 7.71. The number of halogens is 1. The van der Waals surface area contributed by atoms with Crippen LogP contribution in [-0.2, 0) is 14.8 Å². The lowest BCUT2D eigenvalue weighted by atomic mass is 10.1. The van der Waals surface area contributed by atoms with Crippen LogP contribution in [0.1, 0.15) is 16.7 Å². The van der Waals surface area contributed by atoms with E-state index in [2.05, 4.69) is 5.32 Å². The molecule has 3 aromatic rings. The van der Waals surface area contributed by atoms with Gasteiger partial charge in [0.2, 0.25) is 5.91 Å². The van der Waals surface area contributed by atoms with E-state index in [1.165, 1.54) is 24.3 Å². The molecule has 3 aromatic carbocycles. The van der Waals surface area contributed by atoms with Gasteiger partial charge in [-0.3, -0.25) is 9.10 Å². The summed E-state index contributed by atoms with van der Waals surface area (Å²) in [7, 11) is -4.04. The van der Waals surface area contributed by atoms with Crippen molar-refractivity contribution in [3.05, 3.63) is 89.2 Å².